The van der Waals surface area contributed by atoms with Crippen LogP contribution in [0.15, 0.2) is 18.2 Å². The molecule has 17 heavy (non-hydrogen) atoms. The lowest BCUT2D eigenvalue weighted by Crippen LogP contribution is -2.07. The molecule has 0 fully saturated rings. The Labute approximate surface area is 110 Å². The fourth-order valence-electron chi connectivity index (χ4n) is 1.97. The van der Waals surface area contributed by atoms with Crippen molar-refractivity contribution in [1.82, 2.24) is 9.55 Å². The van der Waals surface area contributed by atoms with Gasteiger partial charge in [0.05, 0.1) is 16.1 Å². The van der Waals surface area contributed by atoms with E-state index in [0.29, 0.717) is 9.79 Å². The number of aromatic amines is 1. The van der Waals surface area contributed by atoms with Crippen molar-refractivity contribution in [2.45, 2.75) is 19.4 Å². The van der Waals surface area contributed by atoms with Crippen LogP contribution in [0.3, 0.4) is 0 Å². The predicted octanol–water partition coefficient (Wildman–Crippen LogP) is 3.95. The van der Waals surface area contributed by atoms with Crippen LogP contribution < -0.4 is 0 Å². The molecule has 0 spiro atoms. The summed E-state index contributed by atoms with van der Waals surface area (Å²) in [5.41, 5.74) is 1.95. The fraction of sp³-hybridized carbons (Fsp3) is 0.417. The topological polar surface area (TPSA) is 29.9 Å². The maximum Gasteiger partial charge on any atom is 0.178 e. The quantitative estimate of drug-likeness (QED) is 0.853. The fourth-order valence-corrected chi connectivity index (χ4v) is 2.57. The highest BCUT2D eigenvalue weighted by molar-refractivity contribution is 7.71. The third kappa shape index (κ3) is 2.39. The van der Waals surface area contributed by atoms with Crippen LogP contribution in [0.5, 0.6) is 0 Å². The summed E-state index contributed by atoms with van der Waals surface area (Å²) in [6, 6.07) is 6.11. The van der Waals surface area contributed by atoms with E-state index in [2.05, 4.69) is 16.5 Å². The van der Waals surface area contributed by atoms with Gasteiger partial charge in [0.25, 0.3) is 0 Å². The Kier molecular flexibility index (Phi) is 3.86. The maximum absolute atomic E-state index is 6.14. The molecule has 0 radical (unpaired) electrons. The van der Waals surface area contributed by atoms with E-state index in [-0.39, 0.29) is 6.04 Å². The Morgan fingerprint density at radius 2 is 2.29 bits per heavy atom. The Morgan fingerprint density at radius 1 is 1.53 bits per heavy atom. The van der Waals surface area contributed by atoms with Gasteiger partial charge in [-0.2, -0.15) is 0 Å². The van der Waals surface area contributed by atoms with Crippen molar-refractivity contribution in [2.75, 3.05) is 13.7 Å². The molecule has 0 aliphatic heterocycles. The number of rotatable bonds is 4. The largest absolute Gasteiger partial charge is 0.385 e. The Balaban J connectivity index is 2.50. The van der Waals surface area contributed by atoms with E-state index in [1.54, 1.807) is 7.11 Å². The van der Waals surface area contributed by atoms with E-state index in [0.717, 1.165) is 24.1 Å². The van der Waals surface area contributed by atoms with Gasteiger partial charge in [-0.15, -0.1) is 0 Å². The van der Waals surface area contributed by atoms with Gasteiger partial charge in [0.1, 0.15) is 0 Å². The number of para-hydroxylation sites is 1. The summed E-state index contributed by atoms with van der Waals surface area (Å²) in [6.07, 6.45) is 0.921. The number of nitrogens with zero attached hydrogens (tertiary/aromatic N) is 1. The van der Waals surface area contributed by atoms with E-state index >= 15 is 0 Å². The zero-order valence-electron chi connectivity index (χ0n) is 9.87. The first kappa shape index (κ1) is 12.6. The standard InChI is InChI=1S/C12H15ClN2OS/c1-8(6-7-16-2)15-10-5-3-4-9(13)11(10)14-12(15)17/h3-5,8H,6-7H2,1-2H3,(H,14,17). The van der Waals surface area contributed by atoms with Crippen molar-refractivity contribution in [1.29, 1.82) is 0 Å². The van der Waals surface area contributed by atoms with Crippen molar-refractivity contribution in [3.63, 3.8) is 0 Å². The molecule has 1 atom stereocenters. The molecule has 1 N–H and O–H groups in total. The number of hydrogen-bond acceptors (Lipinski definition) is 2. The van der Waals surface area contributed by atoms with Crippen LogP contribution in [0.4, 0.5) is 0 Å². The van der Waals surface area contributed by atoms with Crippen molar-refractivity contribution in [3.05, 3.63) is 28.0 Å². The number of ether oxygens (including phenoxy) is 1. The van der Waals surface area contributed by atoms with Gasteiger partial charge in [-0.3, -0.25) is 0 Å². The zero-order chi connectivity index (χ0) is 12.4. The first-order chi connectivity index (χ1) is 8.15. The van der Waals surface area contributed by atoms with Gasteiger partial charge < -0.3 is 14.3 Å². The van der Waals surface area contributed by atoms with Crippen LogP contribution in [0, 0.1) is 4.77 Å². The summed E-state index contributed by atoms with van der Waals surface area (Å²) in [7, 11) is 1.71. The number of imidazole rings is 1. The molecule has 1 aromatic carbocycles. The average molecular weight is 271 g/mol. The predicted molar refractivity (Wildman–Crippen MR) is 73.3 cm³/mol. The van der Waals surface area contributed by atoms with E-state index in [1.165, 1.54) is 0 Å². The molecule has 92 valence electrons. The van der Waals surface area contributed by atoms with Crippen molar-refractivity contribution in [2.24, 2.45) is 0 Å². The average Bonchev–Trinajstić information content (AvgIpc) is 2.64. The van der Waals surface area contributed by atoms with E-state index in [1.807, 2.05) is 18.2 Å². The van der Waals surface area contributed by atoms with E-state index in [4.69, 9.17) is 28.6 Å². The second kappa shape index (κ2) is 5.21. The van der Waals surface area contributed by atoms with Gasteiger partial charge in [0.15, 0.2) is 4.77 Å². The Hall–Kier alpha value is -0.840. The second-order valence-corrected chi connectivity index (χ2v) is 4.86. The third-order valence-corrected chi connectivity index (χ3v) is 3.50. The van der Waals surface area contributed by atoms with Crippen LogP contribution in [0.25, 0.3) is 11.0 Å². The van der Waals surface area contributed by atoms with E-state index in [9.17, 15) is 0 Å². The molecule has 0 saturated heterocycles. The summed E-state index contributed by atoms with van der Waals surface area (Å²) in [4.78, 5) is 3.16. The van der Waals surface area contributed by atoms with Gasteiger partial charge in [-0.05, 0) is 37.7 Å². The summed E-state index contributed by atoms with van der Waals surface area (Å²) in [5.74, 6) is 0. The molecular formula is C12H15ClN2OS. The number of hydrogen-bond donors (Lipinski definition) is 1. The molecule has 1 aromatic heterocycles. The number of aromatic nitrogens is 2. The van der Waals surface area contributed by atoms with Crippen LogP contribution in [0.2, 0.25) is 5.02 Å². The van der Waals surface area contributed by atoms with E-state index < -0.39 is 0 Å². The monoisotopic (exact) mass is 270 g/mol. The molecule has 0 aliphatic rings. The highest BCUT2D eigenvalue weighted by Gasteiger charge is 2.12. The second-order valence-electron chi connectivity index (χ2n) is 4.06. The smallest absolute Gasteiger partial charge is 0.178 e. The molecule has 2 rings (SSSR count). The lowest BCUT2D eigenvalue weighted by atomic mass is 10.2. The summed E-state index contributed by atoms with van der Waals surface area (Å²) in [5, 5.41) is 0.700. The summed E-state index contributed by atoms with van der Waals surface area (Å²) < 4.78 is 7.90. The number of H-pyrrole nitrogens is 1. The number of benzene rings is 1. The minimum Gasteiger partial charge on any atom is -0.385 e. The molecule has 0 aliphatic carbocycles. The Morgan fingerprint density at radius 3 is 3.00 bits per heavy atom. The van der Waals surface area contributed by atoms with Crippen molar-refractivity contribution >= 4 is 34.9 Å². The van der Waals surface area contributed by atoms with Crippen molar-refractivity contribution < 1.29 is 4.74 Å². The van der Waals surface area contributed by atoms with Gasteiger partial charge in [-0.25, -0.2) is 0 Å². The minimum absolute atomic E-state index is 0.287. The SMILES string of the molecule is COCCC(C)n1c(=S)[nH]c2c(Cl)cccc21. The summed E-state index contributed by atoms with van der Waals surface area (Å²) in [6.45, 7) is 2.85. The van der Waals surface area contributed by atoms with Gasteiger partial charge >= 0.3 is 0 Å². The van der Waals surface area contributed by atoms with Gasteiger partial charge in [0, 0.05) is 19.8 Å². The third-order valence-electron chi connectivity index (χ3n) is 2.88. The lowest BCUT2D eigenvalue weighted by Gasteiger charge is -2.13. The van der Waals surface area contributed by atoms with Gasteiger partial charge in [-0.1, -0.05) is 17.7 Å². The minimum atomic E-state index is 0.287. The first-order valence-corrected chi connectivity index (χ1v) is 6.31. The number of nitrogens with one attached hydrogen (secondary N) is 1. The van der Waals surface area contributed by atoms with Crippen molar-refractivity contribution in [3.8, 4) is 0 Å². The number of fused-ring (bicyclic) bond motifs is 1. The lowest BCUT2D eigenvalue weighted by molar-refractivity contribution is 0.181. The molecule has 1 unspecified atom stereocenters. The first-order valence-electron chi connectivity index (χ1n) is 5.53. The van der Waals surface area contributed by atoms with Crippen LogP contribution >= 0.6 is 23.8 Å². The highest BCUT2D eigenvalue weighted by atomic mass is 35.5. The molecule has 2 aromatic rings. The van der Waals surface area contributed by atoms with Crippen LogP contribution in [0.1, 0.15) is 19.4 Å². The van der Waals surface area contributed by atoms with Crippen LogP contribution in [-0.4, -0.2) is 23.3 Å². The maximum atomic E-state index is 6.14. The molecule has 0 bridgehead atoms. The zero-order valence-corrected chi connectivity index (χ0v) is 11.4. The highest BCUT2D eigenvalue weighted by Crippen LogP contribution is 2.26. The Bertz CT molecular complexity index is 575. The molecule has 1 heterocycles. The van der Waals surface area contributed by atoms with Crippen LogP contribution in [-0.2, 0) is 4.74 Å². The molecule has 0 amide bonds. The molecule has 0 saturated carbocycles. The van der Waals surface area contributed by atoms with Gasteiger partial charge in [0.2, 0.25) is 0 Å². The number of halogens is 1. The molecule has 3 nitrogen and oxygen atoms in total. The molecular weight excluding hydrogens is 256 g/mol. The number of methoxy groups -OCH3 is 1. The normalized spacial score (nSPS) is 13.1. The summed E-state index contributed by atoms with van der Waals surface area (Å²) >= 11 is 11.5. The molecule has 5 heteroatoms.